The smallest absolute Gasteiger partial charge is 0.262 e. The molecule has 56 heavy (non-hydrogen) atoms. The highest BCUT2D eigenvalue weighted by Crippen LogP contribution is 2.32. The van der Waals surface area contributed by atoms with Crippen molar-refractivity contribution in [2.75, 3.05) is 62.2 Å². The summed E-state index contributed by atoms with van der Waals surface area (Å²) in [7, 11) is 0. The quantitative estimate of drug-likeness (QED) is 0.341. The number of nitrogens with one attached hydrogen (secondary N) is 1. The molecule has 5 amide bonds. The summed E-state index contributed by atoms with van der Waals surface area (Å²) in [6, 6.07) is 20.0. The fraction of sp³-hybridized carbons (Fsp3) is 0.429. The highest BCUT2D eigenvalue weighted by molar-refractivity contribution is 6.31. The molecule has 290 valence electrons. The highest BCUT2D eigenvalue weighted by Gasteiger charge is 2.45. The van der Waals surface area contributed by atoms with E-state index in [2.05, 4.69) is 38.2 Å². The SMILES string of the molecule is N#Cc1ccc(OC2CCCN(C(=O)c3ccc(N4CCC(N5CCN(c6ccc7c(c6)C(=O)N(C6CCC(=O)NC6=O)C7=O)CC5)CC4)cc3)CC2)cc1Cl. The number of halogens is 1. The van der Waals surface area contributed by atoms with E-state index < -0.39 is 29.7 Å². The van der Waals surface area contributed by atoms with Crippen LogP contribution in [0.25, 0.3) is 0 Å². The van der Waals surface area contributed by atoms with Crippen LogP contribution < -0.4 is 19.9 Å². The van der Waals surface area contributed by atoms with Crippen molar-refractivity contribution in [1.29, 1.82) is 5.26 Å². The summed E-state index contributed by atoms with van der Waals surface area (Å²) < 4.78 is 6.17. The molecule has 3 aromatic rings. The van der Waals surface area contributed by atoms with E-state index in [4.69, 9.17) is 21.6 Å². The summed E-state index contributed by atoms with van der Waals surface area (Å²) in [5, 5.41) is 11.7. The van der Waals surface area contributed by atoms with Crippen molar-refractivity contribution in [3.63, 3.8) is 0 Å². The standard InChI is InChI=1S/C42H44ClN7O6/c43-36-25-33(9-5-28(36)26-44)56-32-2-1-16-49(19-15-32)40(53)27-3-6-29(7-4-27)46-17-13-30(14-18-46)47-20-22-48(23-21-47)31-8-10-34-35(24-31)42(55)50(41(34)54)37-11-12-38(51)45-39(37)52/h3-10,24-25,30,32,37H,1-2,11-23H2,(H,45,51,52). The number of amides is 5. The van der Waals surface area contributed by atoms with Crippen LogP contribution in [-0.4, -0.2) is 115 Å². The third-order valence-electron chi connectivity index (χ3n) is 11.9. The van der Waals surface area contributed by atoms with Gasteiger partial charge in [0.05, 0.1) is 21.7 Å². The summed E-state index contributed by atoms with van der Waals surface area (Å²) in [6.45, 7) is 6.52. The van der Waals surface area contributed by atoms with Crippen molar-refractivity contribution < 1.29 is 28.7 Å². The molecular formula is C42H44ClN7O6. The van der Waals surface area contributed by atoms with E-state index in [1.165, 1.54) is 0 Å². The summed E-state index contributed by atoms with van der Waals surface area (Å²) in [4.78, 5) is 74.1. The molecule has 1 N–H and O–H groups in total. The lowest BCUT2D eigenvalue weighted by molar-refractivity contribution is -0.136. The molecule has 5 aliphatic heterocycles. The Labute approximate surface area is 330 Å². The molecule has 3 aromatic carbocycles. The number of ether oxygens (including phenoxy) is 1. The summed E-state index contributed by atoms with van der Waals surface area (Å²) >= 11 is 6.19. The van der Waals surface area contributed by atoms with Gasteiger partial charge in [-0.05, 0) is 86.7 Å². The Bertz CT molecular complexity index is 2090. The van der Waals surface area contributed by atoms with Crippen molar-refractivity contribution in [3.05, 3.63) is 87.9 Å². The van der Waals surface area contributed by atoms with Gasteiger partial charge in [0.2, 0.25) is 11.8 Å². The van der Waals surface area contributed by atoms with E-state index in [0.29, 0.717) is 52.2 Å². The number of carbonyl (C=O) groups is 5. The molecule has 0 radical (unpaired) electrons. The van der Waals surface area contributed by atoms with Crippen LogP contribution in [0, 0.1) is 11.3 Å². The molecule has 4 saturated heterocycles. The van der Waals surface area contributed by atoms with E-state index in [-0.39, 0.29) is 24.9 Å². The minimum atomic E-state index is -0.975. The summed E-state index contributed by atoms with van der Waals surface area (Å²) in [5.41, 5.74) is 3.70. The lowest BCUT2D eigenvalue weighted by atomic mass is 10.0. The Balaban J connectivity index is 0.796. The third-order valence-corrected chi connectivity index (χ3v) is 12.2. The van der Waals surface area contributed by atoms with E-state index in [9.17, 15) is 24.0 Å². The van der Waals surface area contributed by atoms with Gasteiger partial charge in [-0.15, -0.1) is 0 Å². The second-order valence-corrected chi connectivity index (χ2v) is 15.6. The molecule has 0 aromatic heterocycles. The number of anilines is 2. The Morgan fingerprint density at radius 1 is 0.750 bits per heavy atom. The molecule has 0 saturated carbocycles. The normalized spacial score (nSPS) is 22.4. The number of likely N-dealkylation sites (tertiary alicyclic amines) is 1. The number of hydrogen-bond donors (Lipinski definition) is 1. The van der Waals surface area contributed by atoms with Crippen LogP contribution in [0.4, 0.5) is 11.4 Å². The Morgan fingerprint density at radius 3 is 2.18 bits per heavy atom. The van der Waals surface area contributed by atoms with Crippen molar-refractivity contribution in [1.82, 2.24) is 20.0 Å². The first-order chi connectivity index (χ1) is 27.2. The van der Waals surface area contributed by atoms with Crippen LogP contribution in [0.1, 0.15) is 81.6 Å². The van der Waals surface area contributed by atoms with Crippen LogP contribution >= 0.6 is 11.6 Å². The fourth-order valence-electron chi connectivity index (χ4n) is 8.73. The van der Waals surface area contributed by atoms with Gasteiger partial charge < -0.3 is 19.4 Å². The van der Waals surface area contributed by atoms with Crippen LogP contribution in [-0.2, 0) is 9.59 Å². The van der Waals surface area contributed by atoms with Gasteiger partial charge in [-0.1, -0.05) is 11.6 Å². The van der Waals surface area contributed by atoms with Crippen LogP contribution in [0.3, 0.4) is 0 Å². The number of piperazine rings is 1. The van der Waals surface area contributed by atoms with Gasteiger partial charge in [-0.3, -0.25) is 39.1 Å². The van der Waals surface area contributed by atoms with Crippen LogP contribution in [0.15, 0.2) is 60.7 Å². The first-order valence-electron chi connectivity index (χ1n) is 19.5. The fourth-order valence-corrected chi connectivity index (χ4v) is 8.94. The molecule has 14 heteroatoms. The number of benzene rings is 3. The second-order valence-electron chi connectivity index (χ2n) is 15.2. The monoisotopic (exact) mass is 777 g/mol. The molecule has 5 heterocycles. The lowest BCUT2D eigenvalue weighted by Crippen LogP contribution is -2.54. The van der Waals surface area contributed by atoms with Gasteiger partial charge in [-0.2, -0.15) is 5.26 Å². The summed E-state index contributed by atoms with van der Waals surface area (Å²) in [5.74, 6) is -1.31. The average molecular weight is 778 g/mol. The van der Waals surface area contributed by atoms with Crippen molar-refractivity contribution in [3.8, 4) is 11.8 Å². The van der Waals surface area contributed by atoms with Gasteiger partial charge >= 0.3 is 0 Å². The Hall–Kier alpha value is -5.45. The minimum absolute atomic E-state index is 0.0302. The molecule has 0 spiro atoms. The molecule has 2 unspecified atom stereocenters. The van der Waals surface area contributed by atoms with Crippen molar-refractivity contribution in [2.24, 2.45) is 0 Å². The summed E-state index contributed by atoms with van der Waals surface area (Å²) in [6.07, 6.45) is 4.67. The Kier molecular flexibility index (Phi) is 10.7. The predicted molar refractivity (Wildman–Crippen MR) is 209 cm³/mol. The number of fused-ring (bicyclic) bond motifs is 1. The maximum absolute atomic E-state index is 13.5. The van der Waals surface area contributed by atoms with Gasteiger partial charge in [-0.25, -0.2) is 0 Å². The maximum Gasteiger partial charge on any atom is 0.262 e. The lowest BCUT2D eigenvalue weighted by Gasteiger charge is -2.44. The van der Waals surface area contributed by atoms with Crippen LogP contribution in [0.2, 0.25) is 5.02 Å². The largest absolute Gasteiger partial charge is 0.490 e. The number of piperidine rings is 2. The van der Waals surface area contributed by atoms with Gasteiger partial charge in [0.1, 0.15) is 24.0 Å². The highest BCUT2D eigenvalue weighted by atomic mass is 35.5. The van der Waals surface area contributed by atoms with Crippen molar-refractivity contribution in [2.45, 2.75) is 63.1 Å². The van der Waals surface area contributed by atoms with Crippen molar-refractivity contribution >= 4 is 52.5 Å². The molecule has 2 atom stereocenters. The second kappa shape index (κ2) is 16.0. The topological polar surface area (TPSA) is 147 Å². The number of nitrogens with zero attached hydrogens (tertiary/aromatic N) is 6. The minimum Gasteiger partial charge on any atom is -0.490 e. The van der Waals surface area contributed by atoms with E-state index in [1.54, 1.807) is 30.3 Å². The first-order valence-corrected chi connectivity index (χ1v) is 19.9. The maximum atomic E-state index is 13.5. The van der Waals surface area contributed by atoms with Crippen LogP contribution in [0.5, 0.6) is 5.75 Å². The number of rotatable bonds is 7. The van der Waals surface area contributed by atoms with E-state index in [1.807, 2.05) is 23.1 Å². The first kappa shape index (κ1) is 37.5. The van der Waals surface area contributed by atoms with Gasteiger partial charge in [0.15, 0.2) is 0 Å². The number of carbonyl (C=O) groups excluding carboxylic acids is 5. The molecule has 13 nitrogen and oxygen atoms in total. The molecule has 5 aliphatic rings. The zero-order valence-electron chi connectivity index (χ0n) is 31.1. The number of hydrogen-bond acceptors (Lipinski definition) is 10. The van der Waals surface area contributed by atoms with Gasteiger partial charge in [0, 0.05) is 94.2 Å². The molecule has 8 rings (SSSR count). The third kappa shape index (κ3) is 7.55. The zero-order chi connectivity index (χ0) is 38.9. The van der Waals surface area contributed by atoms with E-state index in [0.717, 1.165) is 87.6 Å². The molecule has 4 fully saturated rings. The molecular weight excluding hydrogens is 734 g/mol. The predicted octanol–water partition coefficient (Wildman–Crippen LogP) is 4.48. The molecule has 0 bridgehead atoms. The number of imide groups is 2. The number of nitriles is 1. The zero-order valence-corrected chi connectivity index (χ0v) is 31.9. The average Bonchev–Trinajstić information content (AvgIpc) is 3.33. The van der Waals surface area contributed by atoms with E-state index >= 15 is 0 Å². The van der Waals surface area contributed by atoms with Gasteiger partial charge in [0.25, 0.3) is 17.7 Å². The molecule has 0 aliphatic carbocycles. The Morgan fingerprint density at radius 2 is 1.46 bits per heavy atom.